The summed E-state index contributed by atoms with van der Waals surface area (Å²) in [5, 5.41) is 20.9. The number of carbonyl (C=O) groups excluding carboxylic acids is 9. The van der Waals surface area contributed by atoms with Gasteiger partial charge in [0.1, 0.15) is 70.3 Å². The van der Waals surface area contributed by atoms with Crippen LogP contribution in [0.3, 0.4) is 0 Å². The molecule has 0 radical (unpaired) electrons. The number of rotatable bonds is 6. The van der Waals surface area contributed by atoms with E-state index in [1.165, 1.54) is 31.7 Å². The van der Waals surface area contributed by atoms with E-state index < -0.39 is 130 Å². The second-order valence-corrected chi connectivity index (χ2v) is 26.8. The number of alkyl carbamates (subject to hydrolysis) is 2. The minimum Gasteiger partial charge on any atom is -0.479 e. The van der Waals surface area contributed by atoms with Crippen molar-refractivity contribution in [1.82, 2.24) is 46.3 Å². The van der Waals surface area contributed by atoms with E-state index in [0.717, 1.165) is 38.5 Å². The van der Waals surface area contributed by atoms with Crippen molar-refractivity contribution in [2.45, 2.75) is 216 Å². The summed E-state index contributed by atoms with van der Waals surface area (Å²) in [7, 11) is 0. The third-order valence-electron chi connectivity index (χ3n) is 17.7. The zero-order chi connectivity index (χ0) is 67.7. The monoisotopic (exact) mass is 1300 g/mol. The van der Waals surface area contributed by atoms with E-state index in [1.54, 1.807) is 65.8 Å². The van der Waals surface area contributed by atoms with Gasteiger partial charge in [0.2, 0.25) is 23.6 Å². The molecule has 0 bridgehead atoms. The van der Waals surface area contributed by atoms with Gasteiger partial charge in [-0.05, 0) is 116 Å². The van der Waals surface area contributed by atoms with Crippen molar-refractivity contribution in [2.75, 3.05) is 13.1 Å². The van der Waals surface area contributed by atoms with E-state index in [-0.39, 0.29) is 76.8 Å². The van der Waals surface area contributed by atoms with Gasteiger partial charge in [-0.2, -0.15) is 0 Å². The molecule has 10 rings (SSSR count). The van der Waals surface area contributed by atoms with Crippen LogP contribution < -0.4 is 44.2 Å². The Morgan fingerprint density at radius 1 is 0.602 bits per heavy atom. The Bertz CT molecular complexity index is 3230. The summed E-state index contributed by atoms with van der Waals surface area (Å²) in [4.78, 5) is 138. The van der Waals surface area contributed by atoms with Crippen LogP contribution in [0.5, 0.6) is 0 Å². The van der Waals surface area contributed by atoms with E-state index in [9.17, 15) is 61.8 Å². The number of nitrogens with two attached hydrogens (primary N) is 3. The Balaban J connectivity index is 0.000000233. The summed E-state index contributed by atoms with van der Waals surface area (Å²) >= 11 is 0. The standard InChI is InChI=1S/C32H43FN6O7.C32H41FN4O8.H4N2/c1-31(2,3)46-29(43)35-24-13-8-6-4-5-7-11-20-15-32(20,28(42)37-34)36-26(40)25-14-21(17-39(25)27(24)41)45-30(44)38-16-19-10-9-12-23(33)22(19)18-38;1-31(2,3)45-29(42)34-24-13-8-6-4-5-7-11-20-15-32(20,28(40)41)35-26(38)25-14-21(17-37(25)27(24)39)44-30(43)36-16-19-10-9-12-23(33)22(19)18-36;1-2/h7,9-12,20-21,24-25H,4-6,8,13-18,34H2,1-3H3,(H,35,43)(H,36,40)(H,37,42);7,9-12,20-21,24-25H,4-6,8,13-18H2,1-3H3,(H,34,42)(H,35,38)(H,40,41);1-2H2/b2*11-7-;/t2*20-,21-,24+,25+,32-;/m11./s1. The predicted octanol–water partition coefficient (Wildman–Crippen LogP) is 4.97. The molecule has 0 unspecified atom stereocenters. The number of fused-ring (bicyclic) bond motifs is 6. The van der Waals surface area contributed by atoms with Gasteiger partial charge in [-0.15, -0.1) is 0 Å². The number of hydrazine groups is 2. The van der Waals surface area contributed by atoms with Gasteiger partial charge >= 0.3 is 30.3 Å². The average molecular weight is 1300 g/mol. The lowest BCUT2D eigenvalue weighted by Crippen LogP contribution is -2.58. The summed E-state index contributed by atoms with van der Waals surface area (Å²) in [5.74, 6) is 7.91. The van der Waals surface area contributed by atoms with Crippen LogP contribution in [0.25, 0.3) is 0 Å². The van der Waals surface area contributed by atoms with E-state index in [1.807, 2.05) is 24.3 Å². The molecule has 2 aromatic rings. The molecule has 93 heavy (non-hydrogen) atoms. The summed E-state index contributed by atoms with van der Waals surface area (Å²) in [6, 6.07) is 4.98. The molecule has 8 aliphatic rings. The number of allylic oxidation sites excluding steroid dienone is 2. The van der Waals surface area contributed by atoms with Crippen molar-refractivity contribution in [2.24, 2.45) is 29.4 Å². The highest BCUT2D eigenvalue weighted by Gasteiger charge is 2.63. The number of nitrogens with zero attached hydrogens (tertiary/aromatic N) is 4. The van der Waals surface area contributed by atoms with Crippen LogP contribution in [0.15, 0.2) is 60.7 Å². The summed E-state index contributed by atoms with van der Waals surface area (Å²) < 4.78 is 50.9. The number of carbonyl (C=O) groups is 10. The van der Waals surface area contributed by atoms with E-state index >= 15 is 0 Å². The molecule has 2 aromatic carbocycles. The molecule has 29 heteroatoms. The van der Waals surface area contributed by atoms with E-state index in [4.69, 9.17) is 24.8 Å². The number of hydrogen-bond donors (Lipinski definition) is 9. The van der Waals surface area contributed by atoms with Gasteiger partial charge in [0.05, 0.1) is 26.2 Å². The van der Waals surface area contributed by atoms with Gasteiger partial charge in [-0.1, -0.05) is 74.3 Å². The Kier molecular flexibility index (Phi) is 22.5. The van der Waals surface area contributed by atoms with Crippen molar-refractivity contribution in [3.8, 4) is 0 Å². The molecule has 27 nitrogen and oxygen atoms in total. The molecule has 9 amide bonds. The van der Waals surface area contributed by atoms with Crippen molar-refractivity contribution in [1.29, 1.82) is 0 Å². The Morgan fingerprint density at radius 3 is 1.41 bits per heavy atom. The molecule has 508 valence electrons. The van der Waals surface area contributed by atoms with Gasteiger partial charge in [-0.25, -0.2) is 38.6 Å². The summed E-state index contributed by atoms with van der Waals surface area (Å²) in [6.45, 7) is 10.4. The maximum absolute atomic E-state index is 14.3. The first-order chi connectivity index (χ1) is 44.1. The van der Waals surface area contributed by atoms with Gasteiger partial charge in [-0.3, -0.25) is 50.9 Å². The zero-order valence-corrected chi connectivity index (χ0v) is 53.5. The normalized spacial score (nSPS) is 28.5. The van der Waals surface area contributed by atoms with Crippen LogP contribution >= 0.6 is 0 Å². The van der Waals surface area contributed by atoms with Crippen molar-refractivity contribution < 1.29 is 80.8 Å². The number of carboxylic acid groups (broad SMARTS) is 1. The van der Waals surface area contributed by atoms with Crippen LogP contribution in [-0.4, -0.2) is 156 Å². The minimum absolute atomic E-state index is 0.0258. The molecule has 10 atom stereocenters. The molecule has 0 aromatic heterocycles. The van der Waals surface area contributed by atoms with E-state index in [2.05, 4.69) is 38.4 Å². The SMILES string of the molecule is CC(C)(C)OC(=O)N[C@H]1CCCCC/C=C\[C@@H]2C[C@@]2(C(=O)NN)NC(=O)[C@@H]2C[C@@H](OC(=O)N3Cc4cccc(F)c4C3)CN2C1=O.CC(C)(C)OC(=O)N[C@H]1CCCCC/C=C\[C@@H]2C[C@@]2(C(=O)O)NC(=O)[C@@H]2C[C@@H](OC(=O)N3Cc4cccc(F)c4C3)CN2C1=O.NN. The first kappa shape index (κ1) is 70.4. The van der Waals surface area contributed by atoms with Crippen LogP contribution in [0.1, 0.15) is 154 Å². The summed E-state index contributed by atoms with van der Waals surface area (Å²) in [5.41, 5.74) is -0.0496. The quantitative estimate of drug-likeness (QED) is 0.0606. The zero-order valence-electron chi connectivity index (χ0n) is 53.5. The van der Waals surface area contributed by atoms with Crippen LogP contribution in [0, 0.1) is 23.5 Å². The topological polar surface area (TPSA) is 379 Å². The highest BCUT2D eigenvalue weighted by atomic mass is 19.1. The lowest BCUT2D eigenvalue weighted by molar-refractivity contribution is -0.145. The second-order valence-electron chi connectivity index (χ2n) is 26.8. The fraction of sp³-hybridized carbons (Fsp3) is 0.594. The molecule has 6 aliphatic heterocycles. The summed E-state index contributed by atoms with van der Waals surface area (Å²) in [6.07, 6.45) is 9.77. The van der Waals surface area contributed by atoms with E-state index in [0.29, 0.717) is 47.9 Å². The first-order valence-corrected chi connectivity index (χ1v) is 31.7. The number of benzene rings is 2. The maximum Gasteiger partial charge on any atom is 0.410 e. The van der Waals surface area contributed by atoms with Gasteiger partial charge < -0.3 is 55.1 Å². The molecule has 2 saturated carbocycles. The largest absolute Gasteiger partial charge is 0.479 e. The molecular weight excluding hydrogens is 1210 g/mol. The van der Waals surface area contributed by atoms with Gasteiger partial charge in [0, 0.05) is 48.9 Å². The number of hydrogen-bond acceptors (Lipinski definition) is 17. The third-order valence-corrected chi connectivity index (χ3v) is 17.7. The van der Waals surface area contributed by atoms with Crippen LogP contribution in [0.4, 0.5) is 28.0 Å². The molecule has 2 saturated heterocycles. The number of aliphatic carboxylic acids is 1. The predicted molar refractivity (Wildman–Crippen MR) is 329 cm³/mol. The maximum atomic E-state index is 14.3. The molecule has 0 spiro atoms. The van der Waals surface area contributed by atoms with Crippen molar-refractivity contribution >= 4 is 59.9 Å². The highest BCUT2D eigenvalue weighted by Crippen LogP contribution is 2.47. The fourth-order valence-corrected chi connectivity index (χ4v) is 12.8. The Labute approximate surface area is 538 Å². The Hall–Kier alpha value is -8.44. The van der Waals surface area contributed by atoms with Crippen LogP contribution in [-0.2, 0) is 73.9 Å². The Morgan fingerprint density at radius 2 is 1.01 bits per heavy atom. The van der Waals surface area contributed by atoms with Crippen molar-refractivity contribution in [3.05, 3.63) is 94.6 Å². The lowest BCUT2D eigenvalue weighted by atomic mass is 10.0. The minimum atomic E-state index is -1.49. The number of carboxylic acids is 1. The fourth-order valence-electron chi connectivity index (χ4n) is 12.8. The second kappa shape index (κ2) is 29.7. The van der Waals surface area contributed by atoms with Gasteiger partial charge in [0.15, 0.2) is 0 Å². The smallest absolute Gasteiger partial charge is 0.410 e. The van der Waals surface area contributed by atoms with Crippen LogP contribution in [0.2, 0.25) is 0 Å². The molecule has 2 aliphatic carbocycles. The average Bonchev–Trinajstić information content (AvgIpc) is 1.59. The third kappa shape index (κ3) is 17.2. The van der Waals surface area contributed by atoms with Gasteiger partial charge in [0.25, 0.3) is 5.91 Å². The number of nitrogens with one attached hydrogen (secondary N) is 5. The van der Waals surface area contributed by atoms with Crippen molar-refractivity contribution in [3.63, 3.8) is 0 Å². The number of halogens is 2. The lowest BCUT2D eigenvalue weighted by Gasteiger charge is -2.30. The highest BCUT2D eigenvalue weighted by molar-refractivity contribution is 5.99. The molecular formula is C64H88F2N12O15. The number of amides is 9. The molecule has 4 fully saturated rings. The number of ether oxygens (including phenoxy) is 4. The molecule has 6 heterocycles. The first-order valence-electron chi connectivity index (χ1n) is 31.7. The molecule has 12 N–H and O–H groups in total.